The van der Waals surface area contributed by atoms with Gasteiger partial charge in [0.05, 0.1) is 11.9 Å². The molecular weight excluding hydrogens is 352 g/mol. The molecule has 4 heterocycles. The Balaban J connectivity index is 1.38. The first-order chi connectivity index (χ1) is 13.6. The Hall–Kier alpha value is -2.15. The molecule has 2 saturated heterocycles. The molecule has 0 unspecified atom stereocenters. The predicted octanol–water partition coefficient (Wildman–Crippen LogP) is 2.66. The Morgan fingerprint density at radius 2 is 1.93 bits per heavy atom. The second-order valence-electron chi connectivity index (χ2n) is 8.22. The Kier molecular flexibility index (Phi) is 5.80. The van der Waals surface area contributed by atoms with Gasteiger partial charge in [0.25, 0.3) is 5.56 Å². The maximum atomic E-state index is 12.2. The summed E-state index contributed by atoms with van der Waals surface area (Å²) in [6.07, 6.45) is 7.60. The van der Waals surface area contributed by atoms with Gasteiger partial charge in [-0.3, -0.25) is 19.4 Å². The summed E-state index contributed by atoms with van der Waals surface area (Å²) < 4.78 is 2.11. The Morgan fingerprint density at radius 1 is 1.18 bits per heavy atom. The van der Waals surface area contributed by atoms with Crippen molar-refractivity contribution < 1.29 is 0 Å². The van der Waals surface area contributed by atoms with Crippen LogP contribution in [0, 0.1) is 6.92 Å². The van der Waals surface area contributed by atoms with Gasteiger partial charge in [-0.1, -0.05) is 6.92 Å². The van der Waals surface area contributed by atoms with Gasteiger partial charge in [-0.25, -0.2) is 4.98 Å². The van der Waals surface area contributed by atoms with E-state index in [-0.39, 0.29) is 5.56 Å². The van der Waals surface area contributed by atoms with Crippen molar-refractivity contribution in [2.45, 2.75) is 65.0 Å². The molecule has 0 amide bonds. The summed E-state index contributed by atoms with van der Waals surface area (Å²) in [6, 6.07) is 1.71. The molecule has 152 valence electrons. The highest BCUT2D eigenvalue weighted by atomic mass is 16.1. The third-order valence-electron chi connectivity index (χ3n) is 6.19. The number of nitrogens with one attached hydrogen (secondary N) is 1. The predicted molar refractivity (Wildman–Crippen MR) is 111 cm³/mol. The number of nitrogens with zero attached hydrogens (tertiary/aromatic N) is 5. The van der Waals surface area contributed by atoms with Crippen LogP contribution >= 0.6 is 0 Å². The highest BCUT2D eigenvalue weighted by Gasteiger charge is 2.24. The van der Waals surface area contributed by atoms with Crippen LogP contribution in [0.4, 0.5) is 5.95 Å². The number of anilines is 1. The molecule has 2 aliphatic heterocycles. The minimum absolute atomic E-state index is 0.0201. The van der Waals surface area contributed by atoms with E-state index in [0.717, 1.165) is 70.2 Å². The van der Waals surface area contributed by atoms with Gasteiger partial charge in [0.2, 0.25) is 5.95 Å². The summed E-state index contributed by atoms with van der Waals surface area (Å²) in [6.45, 7) is 10.4. The zero-order chi connectivity index (χ0) is 19.5. The van der Waals surface area contributed by atoms with Crippen molar-refractivity contribution in [2.24, 2.45) is 0 Å². The maximum absolute atomic E-state index is 12.2. The molecule has 0 saturated carbocycles. The van der Waals surface area contributed by atoms with Crippen molar-refractivity contribution in [3.05, 3.63) is 39.6 Å². The minimum atomic E-state index is -0.0201. The molecule has 28 heavy (non-hydrogen) atoms. The van der Waals surface area contributed by atoms with E-state index in [9.17, 15) is 4.79 Å². The quantitative estimate of drug-likeness (QED) is 0.829. The van der Waals surface area contributed by atoms with Gasteiger partial charge < -0.3 is 4.90 Å². The fraction of sp³-hybridized carbons (Fsp3) is 0.667. The Labute approximate surface area is 166 Å². The average Bonchev–Trinajstić information content (AvgIpc) is 3.35. The molecular formula is C21H32N6O. The zero-order valence-electron chi connectivity index (χ0n) is 17.2. The van der Waals surface area contributed by atoms with Gasteiger partial charge >= 0.3 is 0 Å². The molecule has 7 heteroatoms. The van der Waals surface area contributed by atoms with Crippen LogP contribution in [0.3, 0.4) is 0 Å². The third kappa shape index (κ3) is 4.14. The van der Waals surface area contributed by atoms with Crippen LogP contribution < -0.4 is 10.5 Å². The van der Waals surface area contributed by atoms with Gasteiger partial charge in [0.1, 0.15) is 0 Å². The van der Waals surface area contributed by atoms with E-state index < -0.39 is 0 Å². The summed E-state index contributed by atoms with van der Waals surface area (Å²) in [4.78, 5) is 24.6. The van der Waals surface area contributed by atoms with E-state index in [1.165, 1.54) is 24.1 Å². The molecule has 0 bridgehead atoms. The summed E-state index contributed by atoms with van der Waals surface area (Å²) in [5, 5.41) is 4.53. The number of piperidine rings is 1. The maximum Gasteiger partial charge on any atom is 0.252 e. The van der Waals surface area contributed by atoms with Crippen LogP contribution in [0.15, 0.2) is 17.1 Å². The van der Waals surface area contributed by atoms with Crippen molar-refractivity contribution in [1.82, 2.24) is 24.6 Å². The molecule has 2 aromatic heterocycles. The number of aryl methyl sites for hydroxylation is 1. The van der Waals surface area contributed by atoms with E-state index in [1.807, 2.05) is 6.20 Å². The molecule has 2 fully saturated rings. The van der Waals surface area contributed by atoms with Gasteiger partial charge in [-0.2, -0.15) is 5.10 Å². The van der Waals surface area contributed by atoms with Crippen molar-refractivity contribution in [3.63, 3.8) is 0 Å². The third-order valence-corrected chi connectivity index (χ3v) is 6.19. The Morgan fingerprint density at radius 3 is 2.64 bits per heavy atom. The van der Waals surface area contributed by atoms with E-state index in [0.29, 0.717) is 5.92 Å². The first kappa shape index (κ1) is 19.2. The number of hydrogen-bond donors (Lipinski definition) is 1. The van der Waals surface area contributed by atoms with Gasteiger partial charge in [0, 0.05) is 49.4 Å². The SMILES string of the molecule is CCCn1ncc(CN2CCC(c3cc(=O)[nH]c(N4CCCC4)n3)CC2)c1C. The lowest BCUT2D eigenvalue weighted by molar-refractivity contribution is 0.203. The number of H-pyrrole nitrogens is 1. The van der Waals surface area contributed by atoms with Crippen molar-refractivity contribution in [1.29, 1.82) is 0 Å². The number of likely N-dealkylation sites (tertiary alicyclic amines) is 1. The molecule has 4 rings (SSSR count). The van der Waals surface area contributed by atoms with Crippen molar-refractivity contribution >= 4 is 5.95 Å². The lowest BCUT2D eigenvalue weighted by atomic mass is 9.93. The average molecular weight is 385 g/mol. The monoisotopic (exact) mass is 384 g/mol. The van der Waals surface area contributed by atoms with Crippen molar-refractivity contribution in [3.8, 4) is 0 Å². The van der Waals surface area contributed by atoms with Gasteiger partial charge in [-0.15, -0.1) is 0 Å². The normalized spacial score (nSPS) is 18.9. The molecule has 1 N–H and O–H groups in total. The number of hydrogen-bond acceptors (Lipinski definition) is 5. The smallest absolute Gasteiger partial charge is 0.252 e. The van der Waals surface area contributed by atoms with Crippen LogP contribution in [0.1, 0.15) is 61.9 Å². The first-order valence-electron chi connectivity index (χ1n) is 10.7. The minimum Gasteiger partial charge on any atom is -0.342 e. The second kappa shape index (κ2) is 8.47. The molecule has 0 radical (unpaired) electrons. The van der Waals surface area contributed by atoms with E-state index in [1.54, 1.807) is 6.07 Å². The van der Waals surface area contributed by atoms with Crippen LogP contribution in [0.25, 0.3) is 0 Å². The van der Waals surface area contributed by atoms with Crippen LogP contribution in [-0.2, 0) is 13.1 Å². The van der Waals surface area contributed by atoms with E-state index in [2.05, 4.69) is 38.4 Å². The summed E-state index contributed by atoms with van der Waals surface area (Å²) in [5.74, 6) is 1.14. The van der Waals surface area contributed by atoms with Gasteiger partial charge in [0.15, 0.2) is 0 Å². The topological polar surface area (TPSA) is 70.1 Å². The summed E-state index contributed by atoms with van der Waals surface area (Å²) >= 11 is 0. The summed E-state index contributed by atoms with van der Waals surface area (Å²) in [7, 11) is 0. The fourth-order valence-corrected chi connectivity index (χ4v) is 4.46. The molecule has 7 nitrogen and oxygen atoms in total. The second-order valence-corrected chi connectivity index (χ2v) is 8.22. The Bertz CT molecular complexity index is 843. The number of aromatic amines is 1. The molecule has 0 aromatic carbocycles. The number of aromatic nitrogens is 4. The molecule has 2 aromatic rings. The molecule has 0 spiro atoms. The molecule has 0 aliphatic carbocycles. The molecule has 2 aliphatic rings. The number of rotatable bonds is 6. The zero-order valence-corrected chi connectivity index (χ0v) is 17.2. The van der Waals surface area contributed by atoms with Crippen LogP contribution in [0.2, 0.25) is 0 Å². The first-order valence-corrected chi connectivity index (χ1v) is 10.7. The lowest BCUT2D eigenvalue weighted by Gasteiger charge is -2.31. The summed E-state index contributed by atoms with van der Waals surface area (Å²) in [5.41, 5.74) is 3.57. The van der Waals surface area contributed by atoms with Crippen LogP contribution in [-0.4, -0.2) is 50.8 Å². The highest BCUT2D eigenvalue weighted by molar-refractivity contribution is 5.32. The fourth-order valence-electron chi connectivity index (χ4n) is 4.46. The molecule has 0 atom stereocenters. The van der Waals surface area contributed by atoms with E-state index in [4.69, 9.17) is 4.98 Å². The lowest BCUT2D eigenvalue weighted by Crippen LogP contribution is -2.33. The van der Waals surface area contributed by atoms with Crippen LogP contribution in [0.5, 0.6) is 0 Å². The highest BCUT2D eigenvalue weighted by Crippen LogP contribution is 2.28. The standard InChI is InChI=1S/C21H32N6O/c1-3-8-27-16(2)18(14-22-27)15-25-11-6-17(7-12-25)19-13-20(28)24-21(23-19)26-9-4-5-10-26/h13-14,17H,3-12,15H2,1-2H3,(H,23,24,28). The van der Waals surface area contributed by atoms with E-state index >= 15 is 0 Å². The van der Waals surface area contributed by atoms with Crippen molar-refractivity contribution in [2.75, 3.05) is 31.1 Å². The van der Waals surface area contributed by atoms with Gasteiger partial charge in [-0.05, 0) is 52.1 Å². The largest absolute Gasteiger partial charge is 0.342 e.